The third-order valence-electron chi connectivity index (χ3n) is 4.70. The van der Waals surface area contributed by atoms with E-state index in [9.17, 15) is 30.0 Å². The van der Waals surface area contributed by atoms with Gasteiger partial charge in [0.25, 0.3) is 5.56 Å². The number of nitrogens with two attached hydrogens (primary N) is 1. The molecule has 0 radical (unpaired) electrons. The van der Waals surface area contributed by atoms with Crippen LogP contribution in [-0.4, -0.2) is 86.0 Å². The average Bonchev–Trinajstić information content (AvgIpc) is 3.14. The second-order valence-electron chi connectivity index (χ2n) is 6.50. The molecule has 0 unspecified atom stereocenters. The summed E-state index contributed by atoms with van der Waals surface area (Å²) < 4.78 is 17.5. The van der Waals surface area contributed by atoms with Crippen LogP contribution < -0.4 is 17.0 Å². The summed E-state index contributed by atoms with van der Waals surface area (Å²) in [7, 11) is 0. The summed E-state index contributed by atoms with van der Waals surface area (Å²) in [5.41, 5.74) is 4.10. The maximum absolute atomic E-state index is 11.9. The van der Waals surface area contributed by atoms with Crippen LogP contribution in [-0.2, 0) is 14.2 Å². The number of rotatable bonds is 6. The van der Waals surface area contributed by atoms with Gasteiger partial charge in [0.05, 0.1) is 12.7 Å². The summed E-state index contributed by atoms with van der Waals surface area (Å²) in [5.74, 6) is 0. The Bertz CT molecular complexity index is 753. The lowest BCUT2D eigenvalue weighted by atomic mass is 10.1. The Kier molecular flexibility index (Phi) is 6.08. The van der Waals surface area contributed by atoms with Gasteiger partial charge in [0.2, 0.25) is 0 Å². The maximum atomic E-state index is 11.9. The average molecular weight is 389 g/mol. The highest BCUT2D eigenvalue weighted by atomic mass is 16.7. The Balaban J connectivity index is 1.70. The van der Waals surface area contributed by atoms with Gasteiger partial charge in [-0.3, -0.25) is 14.3 Å². The lowest BCUT2D eigenvalue weighted by molar-refractivity contribution is -0.221. The molecule has 0 saturated carbocycles. The van der Waals surface area contributed by atoms with Gasteiger partial charge < -0.3 is 40.4 Å². The first-order valence-corrected chi connectivity index (χ1v) is 8.48. The molecule has 152 valence electrons. The second-order valence-corrected chi connectivity index (χ2v) is 6.50. The molecule has 0 bridgehead atoms. The van der Waals surface area contributed by atoms with Gasteiger partial charge in [0.15, 0.2) is 12.5 Å². The molecular formula is C15H23N3O9. The molecule has 0 spiro atoms. The molecule has 7 N–H and O–H groups in total. The summed E-state index contributed by atoms with van der Waals surface area (Å²) in [6.45, 7) is -0.557. The molecule has 2 aliphatic heterocycles. The molecule has 1 aromatic heterocycles. The number of aromatic amines is 1. The van der Waals surface area contributed by atoms with E-state index in [2.05, 4.69) is 4.98 Å². The Hall–Kier alpha value is -1.64. The summed E-state index contributed by atoms with van der Waals surface area (Å²) in [6, 6.07) is 1.11. The van der Waals surface area contributed by atoms with Gasteiger partial charge in [-0.25, -0.2) is 4.79 Å². The first-order valence-electron chi connectivity index (χ1n) is 8.48. The van der Waals surface area contributed by atoms with Crippen molar-refractivity contribution in [2.24, 2.45) is 5.73 Å². The number of nitrogens with one attached hydrogen (secondary N) is 1. The number of aromatic nitrogens is 2. The van der Waals surface area contributed by atoms with Gasteiger partial charge >= 0.3 is 5.69 Å². The number of ether oxygens (including phenoxy) is 3. The van der Waals surface area contributed by atoms with Crippen LogP contribution in [0.15, 0.2) is 21.9 Å². The van der Waals surface area contributed by atoms with Crippen LogP contribution in [0, 0.1) is 0 Å². The first kappa shape index (κ1) is 20.1. The van der Waals surface area contributed by atoms with E-state index >= 15 is 0 Å². The molecule has 3 rings (SSSR count). The Morgan fingerprint density at radius 1 is 1.30 bits per heavy atom. The normalized spacial score (nSPS) is 37.6. The van der Waals surface area contributed by atoms with Crippen LogP contribution in [0.2, 0.25) is 0 Å². The summed E-state index contributed by atoms with van der Waals surface area (Å²) in [4.78, 5) is 25.1. The van der Waals surface area contributed by atoms with Crippen molar-refractivity contribution in [3.63, 3.8) is 0 Å². The Morgan fingerprint density at radius 2 is 2.04 bits per heavy atom. The van der Waals surface area contributed by atoms with Crippen LogP contribution in [0.25, 0.3) is 0 Å². The number of hydrogen-bond acceptors (Lipinski definition) is 10. The predicted octanol–water partition coefficient (Wildman–Crippen LogP) is -4.03. The molecule has 12 heteroatoms. The molecule has 0 aromatic carbocycles. The van der Waals surface area contributed by atoms with Crippen molar-refractivity contribution in [1.82, 2.24) is 9.55 Å². The number of aliphatic hydroxyl groups is 4. The highest BCUT2D eigenvalue weighted by Gasteiger charge is 2.46. The molecule has 3 heterocycles. The van der Waals surface area contributed by atoms with Crippen molar-refractivity contribution in [3.05, 3.63) is 33.1 Å². The van der Waals surface area contributed by atoms with E-state index < -0.39 is 67.0 Å². The van der Waals surface area contributed by atoms with Gasteiger partial charge in [-0.2, -0.15) is 0 Å². The van der Waals surface area contributed by atoms with Crippen LogP contribution in [0.1, 0.15) is 12.6 Å². The van der Waals surface area contributed by atoms with Crippen LogP contribution >= 0.6 is 0 Å². The number of nitrogens with zero attached hydrogens (tertiary/aromatic N) is 1. The first-order chi connectivity index (χ1) is 12.8. The van der Waals surface area contributed by atoms with Gasteiger partial charge in [0.1, 0.15) is 30.5 Å². The highest BCUT2D eigenvalue weighted by molar-refractivity contribution is 4.92. The van der Waals surface area contributed by atoms with Gasteiger partial charge in [-0.15, -0.1) is 0 Å². The van der Waals surface area contributed by atoms with Crippen molar-refractivity contribution < 1.29 is 34.6 Å². The predicted molar refractivity (Wildman–Crippen MR) is 87.5 cm³/mol. The standard InChI is InChI=1S/C15H23N3O9/c16-4-8-11(22)12(23)14(26-8)27-9(5-19)7-3-6(20)13(25-7)18-2-1-10(21)17-15(18)24/h1-2,6-9,11-14,19-20,22-23H,3-5,16H2,(H,17,21,24)/t6-,7+,8-,9+,11-,12-,13-,14+/m1/s1. The summed E-state index contributed by atoms with van der Waals surface area (Å²) in [6.07, 6.45) is -7.47. The molecule has 12 nitrogen and oxygen atoms in total. The highest BCUT2D eigenvalue weighted by Crippen LogP contribution is 2.32. The molecule has 0 amide bonds. The van der Waals surface area contributed by atoms with Crippen molar-refractivity contribution in [2.75, 3.05) is 13.2 Å². The Labute approximate surface area is 152 Å². The van der Waals surface area contributed by atoms with Crippen LogP contribution in [0.5, 0.6) is 0 Å². The maximum Gasteiger partial charge on any atom is 0.330 e. The van der Waals surface area contributed by atoms with Crippen molar-refractivity contribution in [3.8, 4) is 0 Å². The van der Waals surface area contributed by atoms with E-state index in [-0.39, 0.29) is 13.0 Å². The third-order valence-corrected chi connectivity index (χ3v) is 4.70. The minimum absolute atomic E-state index is 0.0210. The zero-order valence-corrected chi connectivity index (χ0v) is 14.2. The minimum atomic E-state index is -1.36. The fourth-order valence-electron chi connectivity index (χ4n) is 3.24. The van der Waals surface area contributed by atoms with Crippen LogP contribution in [0.4, 0.5) is 0 Å². The van der Waals surface area contributed by atoms with Crippen molar-refractivity contribution >= 4 is 0 Å². The summed E-state index contributed by atoms with van der Waals surface area (Å²) >= 11 is 0. The van der Waals surface area contributed by atoms with Crippen molar-refractivity contribution in [2.45, 2.75) is 55.6 Å². The quantitative estimate of drug-likeness (QED) is 0.279. The smallest absolute Gasteiger partial charge is 0.330 e. The second kappa shape index (κ2) is 8.16. The van der Waals surface area contributed by atoms with Gasteiger partial charge in [-0.05, 0) is 0 Å². The SMILES string of the molecule is NC[C@H]1O[C@@H](O[C@@H](CO)[C@@H]2C[C@@H](O)[C@H](n3ccc(=O)[nH]c3=O)O2)[C@H](O)[C@@H]1O. The molecule has 2 saturated heterocycles. The Morgan fingerprint density at radius 3 is 2.63 bits per heavy atom. The number of aliphatic hydroxyl groups excluding tert-OH is 4. The van der Waals surface area contributed by atoms with Gasteiger partial charge in [0, 0.05) is 25.2 Å². The minimum Gasteiger partial charge on any atom is -0.394 e. The molecule has 27 heavy (non-hydrogen) atoms. The monoisotopic (exact) mass is 389 g/mol. The van der Waals surface area contributed by atoms with Crippen LogP contribution in [0.3, 0.4) is 0 Å². The third kappa shape index (κ3) is 3.97. The van der Waals surface area contributed by atoms with E-state index in [0.29, 0.717) is 0 Å². The lowest BCUT2D eigenvalue weighted by Gasteiger charge is -2.26. The zero-order chi connectivity index (χ0) is 19.7. The molecule has 8 atom stereocenters. The molecule has 1 aromatic rings. The number of hydrogen-bond donors (Lipinski definition) is 6. The van der Waals surface area contributed by atoms with Crippen molar-refractivity contribution in [1.29, 1.82) is 0 Å². The topological polar surface area (TPSA) is 189 Å². The van der Waals surface area contributed by atoms with E-state index in [1.165, 1.54) is 6.20 Å². The zero-order valence-electron chi connectivity index (χ0n) is 14.2. The molecule has 0 aliphatic carbocycles. The summed E-state index contributed by atoms with van der Waals surface area (Å²) in [5, 5.41) is 39.7. The van der Waals surface area contributed by atoms with Gasteiger partial charge in [-0.1, -0.05) is 0 Å². The largest absolute Gasteiger partial charge is 0.394 e. The molecule has 2 aliphatic rings. The van der Waals surface area contributed by atoms with E-state index in [4.69, 9.17) is 19.9 Å². The fraction of sp³-hybridized carbons (Fsp3) is 0.733. The van der Waals surface area contributed by atoms with E-state index in [1.54, 1.807) is 0 Å². The molecule has 2 fully saturated rings. The van der Waals surface area contributed by atoms with E-state index in [1.807, 2.05) is 0 Å². The lowest BCUT2D eigenvalue weighted by Crippen LogP contribution is -2.41. The van der Waals surface area contributed by atoms with E-state index in [0.717, 1.165) is 10.6 Å². The molecular weight excluding hydrogens is 366 g/mol. The fourth-order valence-corrected chi connectivity index (χ4v) is 3.24. The number of H-pyrrole nitrogens is 1.